The summed E-state index contributed by atoms with van der Waals surface area (Å²) in [5.74, 6) is 0.450. The highest BCUT2D eigenvalue weighted by atomic mass is 16.2. The summed E-state index contributed by atoms with van der Waals surface area (Å²) in [5.41, 5.74) is 6.61. The van der Waals surface area contributed by atoms with Crippen LogP contribution in [0.4, 0.5) is 5.69 Å². The molecule has 4 nitrogen and oxygen atoms in total. The minimum Gasteiger partial charge on any atom is -0.314 e. The number of fused-ring (bicyclic) bond motifs is 3. The van der Waals surface area contributed by atoms with Crippen LogP contribution in [-0.4, -0.2) is 22.7 Å². The van der Waals surface area contributed by atoms with Crippen molar-refractivity contribution in [2.45, 2.75) is 37.6 Å². The van der Waals surface area contributed by atoms with Gasteiger partial charge in [-0.15, -0.1) is 0 Å². The first kappa shape index (κ1) is 18.4. The number of anilines is 1. The highest BCUT2D eigenvalue weighted by Crippen LogP contribution is 2.66. The number of nitrogens with zero attached hydrogens (tertiary/aromatic N) is 3. The monoisotopic (exact) mass is 407 g/mol. The second kappa shape index (κ2) is 6.55. The number of carbonyl (C=O) groups excluding carboxylic acids is 1. The van der Waals surface area contributed by atoms with Crippen molar-refractivity contribution in [2.24, 2.45) is 0 Å². The number of aromatic nitrogens is 2. The topological polar surface area (TPSA) is 38.1 Å². The van der Waals surface area contributed by atoms with Crippen LogP contribution in [-0.2, 0) is 23.2 Å². The Labute approximate surface area is 182 Å². The fraction of sp³-hybridized carbons (Fsp3) is 0.259. The van der Waals surface area contributed by atoms with Gasteiger partial charge in [-0.25, -0.2) is 0 Å². The molecule has 4 heteroatoms. The molecule has 0 radical (unpaired) electrons. The summed E-state index contributed by atoms with van der Waals surface area (Å²) in [4.78, 5) is 15.1. The van der Waals surface area contributed by atoms with Gasteiger partial charge in [0.15, 0.2) is 0 Å². The van der Waals surface area contributed by atoms with Gasteiger partial charge in [-0.05, 0) is 41.7 Å². The van der Waals surface area contributed by atoms with Crippen LogP contribution < -0.4 is 4.90 Å². The zero-order chi connectivity index (χ0) is 21.2. The number of benzene rings is 3. The van der Waals surface area contributed by atoms with E-state index in [1.165, 1.54) is 22.1 Å². The molecule has 154 valence electrons. The van der Waals surface area contributed by atoms with Gasteiger partial charge >= 0.3 is 0 Å². The maximum Gasteiger partial charge on any atom is 0.238 e. The number of hydrogen-bond donors (Lipinski definition) is 0. The van der Waals surface area contributed by atoms with Gasteiger partial charge in [0, 0.05) is 24.0 Å². The van der Waals surface area contributed by atoms with Crippen LogP contribution in [0.5, 0.6) is 0 Å². The maximum absolute atomic E-state index is 13.3. The summed E-state index contributed by atoms with van der Waals surface area (Å²) in [7, 11) is 1.90. The Morgan fingerprint density at radius 1 is 1.03 bits per heavy atom. The van der Waals surface area contributed by atoms with Crippen LogP contribution in [0.2, 0.25) is 0 Å². The molecule has 1 aromatic heterocycles. The van der Waals surface area contributed by atoms with Gasteiger partial charge in [-0.2, -0.15) is 5.10 Å². The zero-order valence-electron chi connectivity index (χ0n) is 17.9. The molecule has 0 saturated heterocycles. The van der Waals surface area contributed by atoms with Crippen molar-refractivity contribution in [3.05, 3.63) is 95.2 Å². The number of carbonyl (C=O) groups is 1. The van der Waals surface area contributed by atoms with E-state index in [0.29, 0.717) is 0 Å². The van der Waals surface area contributed by atoms with Crippen molar-refractivity contribution in [1.82, 2.24) is 9.78 Å². The van der Waals surface area contributed by atoms with E-state index >= 15 is 0 Å². The second-order valence-corrected chi connectivity index (χ2v) is 8.83. The van der Waals surface area contributed by atoms with E-state index in [1.54, 1.807) is 0 Å². The van der Waals surface area contributed by atoms with Gasteiger partial charge in [0.1, 0.15) is 0 Å². The van der Waals surface area contributed by atoms with Gasteiger partial charge in [0.05, 0.1) is 23.2 Å². The van der Waals surface area contributed by atoms with E-state index in [0.717, 1.165) is 36.3 Å². The Kier molecular flexibility index (Phi) is 3.88. The summed E-state index contributed by atoms with van der Waals surface area (Å²) >= 11 is 0. The normalized spacial score (nSPS) is 21.8. The van der Waals surface area contributed by atoms with Crippen molar-refractivity contribution in [3.63, 3.8) is 0 Å². The number of para-hydroxylation sites is 1. The van der Waals surface area contributed by atoms with Crippen molar-refractivity contribution < 1.29 is 4.79 Å². The third-order valence-corrected chi connectivity index (χ3v) is 7.16. The lowest BCUT2D eigenvalue weighted by atomic mass is 9.92. The molecule has 0 bridgehead atoms. The lowest BCUT2D eigenvalue weighted by molar-refractivity contribution is -0.120. The SMILES string of the molecule is CCc1nn(Cc2ccccc2)c2cc(C3CC34C(=O)N(C)c3ccccc34)ccc12. The minimum absolute atomic E-state index is 0.223. The standard InChI is InChI=1S/C27H25N3O/c1-3-23-20-14-13-19(15-25(20)30(28-23)17-18-9-5-4-6-10-18)22-16-27(22)21-11-7-8-12-24(21)29(2)26(27)31/h4-15,22H,3,16-17H2,1-2H3. The molecule has 1 aliphatic carbocycles. The van der Waals surface area contributed by atoms with Crippen LogP contribution in [0.1, 0.15) is 41.6 Å². The third-order valence-electron chi connectivity index (χ3n) is 7.16. The fourth-order valence-electron chi connectivity index (χ4n) is 5.48. The van der Waals surface area contributed by atoms with Gasteiger partial charge in [0.25, 0.3) is 0 Å². The molecule has 1 saturated carbocycles. The molecule has 6 rings (SSSR count). The maximum atomic E-state index is 13.3. The van der Waals surface area contributed by atoms with Crippen LogP contribution in [0.25, 0.3) is 10.9 Å². The summed E-state index contributed by atoms with van der Waals surface area (Å²) < 4.78 is 2.12. The highest BCUT2D eigenvalue weighted by molar-refractivity contribution is 6.11. The van der Waals surface area contributed by atoms with E-state index in [9.17, 15) is 4.79 Å². The van der Waals surface area contributed by atoms with Gasteiger partial charge < -0.3 is 4.90 Å². The first-order chi connectivity index (χ1) is 15.1. The average molecular weight is 408 g/mol. The highest BCUT2D eigenvalue weighted by Gasteiger charge is 2.66. The number of likely N-dealkylation sites (N-methyl/N-ethyl adjacent to an activating group) is 1. The molecule has 1 fully saturated rings. The number of hydrogen-bond acceptors (Lipinski definition) is 2. The Bertz CT molecular complexity index is 1320. The number of rotatable bonds is 4. The Hall–Kier alpha value is -3.40. The molecule has 2 aliphatic rings. The molecule has 2 heterocycles. The number of amides is 1. The van der Waals surface area contributed by atoms with Crippen LogP contribution in [0, 0.1) is 0 Å². The van der Waals surface area contributed by atoms with Gasteiger partial charge in [-0.3, -0.25) is 9.48 Å². The third kappa shape index (κ3) is 2.54. The summed E-state index contributed by atoms with van der Waals surface area (Å²) in [6, 6.07) is 25.4. The smallest absolute Gasteiger partial charge is 0.238 e. The van der Waals surface area contributed by atoms with E-state index in [-0.39, 0.29) is 11.8 Å². The van der Waals surface area contributed by atoms with Gasteiger partial charge in [0.2, 0.25) is 5.91 Å². The molecule has 3 aromatic carbocycles. The number of aryl methyl sites for hydroxylation is 1. The fourth-order valence-corrected chi connectivity index (χ4v) is 5.48. The van der Waals surface area contributed by atoms with Crippen LogP contribution in [0.3, 0.4) is 0 Å². The van der Waals surface area contributed by atoms with E-state index < -0.39 is 5.41 Å². The predicted molar refractivity (Wildman–Crippen MR) is 124 cm³/mol. The first-order valence-corrected chi connectivity index (χ1v) is 11.0. The van der Waals surface area contributed by atoms with Crippen molar-refractivity contribution in [3.8, 4) is 0 Å². The largest absolute Gasteiger partial charge is 0.314 e. The summed E-state index contributed by atoms with van der Waals surface area (Å²) in [5, 5.41) is 6.13. The molecule has 0 N–H and O–H groups in total. The first-order valence-electron chi connectivity index (χ1n) is 11.0. The van der Waals surface area contributed by atoms with E-state index in [4.69, 9.17) is 5.10 Å². The molecule has 2 unspecified atom stereocenters. The van der Waals surface area contributed by atoms with Crippen LogP contribution in [0.15, 0.2) is 72.8 Å². The lowest BCUT2D eigenvalue weighted by Gasteiger charge is -2.12. The molecular formula is C27H25N3O. The van der Waals surface area contributed by atoms with Crippen molar-refractivity contribution in [2.75, 3.05) is 11.9 Å². The molecule has 1 aliphatic heterocycles. The molecule has 1 amide bonds. The molecular weight excluding hydrogens is 382 g/mol. The van der Waals surface area contributed by atoms with E-state index in [1.807, 2.05) is 30.1 Å². The quantitative estimate of drug-likeness (QED) is 0.475. The summed E-state index contributed by atoms with van der Waals surface area (Å²) in [6.07, 6.45) is 1.79. The Balaban J connectivity index is 1.43. The van der Waals surface area contributed by atoms with Crippen molar-refractivity contribution >= 4 is 22.5 Å². The Morgan fingerprint density at radius 3 is 2.61 bits per heavy atom. The second-order valence-electron chi connectivity index (χ2n) is 8.83. The van der Waals surface area contributed by atoms with Crippen molar-refractivity contribution in [1.29, 1.82) is 0 Å². The average Bonchev–Trinajstić information content (AvgIpc) is 3.43. The molecule has 1 spiro atoms. The van der Waals surface area contributed by atoms with Crippen LogP contribution >= 0.6 is 0 Å². The van der Waals surface area contributed by atoms with Gasteiger partial charge in [-0.1, -0.05) is 67.6 Å². The lowest BCUT2D eigenvalue weighted by Crippen LogP contribution is -2.29. The zero-order valence-corrected chi connectivity index (χ0v) is 17.9. The molecule has 31 heavy (non-hydrogen) atoms. The van der Waals surface area contributed by atoms with E-state index in [2.05, 4.69) is 66.2 Å². The predicted octanol–water partition coefficient (Wildman–Crippen LogP) is 5.05. The summed E-state index contributed by atoms with van der Waals surface area (Å²) in [6.45, 7) is 2.91. The Morgan fingerprint density at radius 2 is 1.81 bits per heavy atom. The molecule has 4 aromatic rings. The minimum atomic E-state index is -0.392. The molecule has 2 atom stereocenters.